The van der Waals surface area contributed by atoms with Gasteiger partial charge in [0.2, 0.25) is 0 Å². The molecule has 2 aromatic rings. The van der Waals surface area contributed by atoms with Gasteiger partial charge < -0.3 is 9.88 Å². The molecule has 2 aromatic heterocycles. The van der Waals surface area contributed by atoms with E-state index in [1.807, 2.05) is 12.1 Å². The summed E-state index contributed by atoms with van der Waals surface area (Å²) in [6.45, 7) is 0. The summed E-state index contributed by atoms with van der Waals surface area (Å²) >= 11 is 3.26. The maximum absolute atomic E-state index is 11.7. The fourth-order valence-electron chi connectivity index (χ4n) is 1.32. The van der Waals surface area contributed by atoms with Crippen LogP contribution in [0.3, 0.4) is 0 Å². The van der Waals surface area contributed by atoms with E-state index < -0.39 is 0 Å². The van der Waals surface area contributed by atoms with Crippen molar-refractivity contribution >= 4 is 21.8 Å². The molecule has 0 unspecified atom stereocenters. The molecule has 0 radical (unpaired) electrons. The van der Waals surface area contributed by atoms with Crippen LogP contribution in [-0.2, 0) is 0 Å². The zero-order chi connectivity index (χ0) is 12.4. The molecule has 0 bridgehead atoms. The van der Waals surface area contributed by atoms with Crippen LogP contribution in [0.4, 0.5) is 0 Å². The molecule has 17 heavy (non-hydrogen) atoms. The van der Waals surface area contributed by atoms with Crippen LogP contribution in [0.25, 0.3) is 11.4 Å². The van der Waals surface area contributed by atoms with Gasteiger partial charge >= 0.3 is 0 Å². The minimum absolute atomic E-state index is 0.127. The van der Waals surface area contributed by atoms with Crippen LogP contribution in [0.5, 0.6) is 0 Å². The molecule has 0 spiro atoms. The Bertz CT molecular complexity index is 533. The molecule has 0 saturated heterocycles. The standard InChI is InChI=1S/C11H11BrN4O/c1-16(2)11(17)8-6-14-10(15-8)7-3-4-9(12)13-5-7/h3-6H,1-2H3,(H,14,15). The number of hydrogen-bond donors (Lipinski definition) is 1. The first-order chi connectivity index (χ1) is 8.08. The number of nitrogens with zero attached hydrogens (tertiary/aromatic N) is 3. The number of hydrogen-bond acceptors (Lipinski definition) is 3. The van der Waals surface area contributed by atoms with E-state index in [4.69, 9.17) is 0 Å². The largest absolute Gasteiger partial charge is 0.344 e. The number of rotatable bonds is 2. The number of aromatic nitrogens is 3. The Hall–Kier alpha value is -1.69. The topological polar surface area (TPSA) is 61.9 Å². The zero-order valence-corrected chi connectivity index (χ0v) is 11.0. The van der Waals surface area contributed by atoms with E-state index in [1.165, 1.54) is 4.90 Å². The van der Waals surface area contributed by atoms with Gasteiger partial charge in [0.1, 0.15) is 16.1 Å². The molecule has 0 aliphatic heterocycles. The predicted molar refractivity (Wildman–Crippen MR) is 67.5 cm³/mol. The van der Waals surface area contributed by atoms with E-state index in [0.717, 1.165) is 10.2 Å². The van der Waals surface area contributed by atoms with E-state index in [9.17, 15) is 4.79 Å². The van der Waals surface area contributed by atoms with Crippen molar-refractivity contribution in [1.82, 2.24) is 19.9 Å². The number of imidazole rings is 1. The normalized spacial score (nSPS) is 10.3. The predicted octanol–water partition coefficient (Wildman–Crippen LogP) is 1.94. The van der Waals surface area contributed by atoms with E-state index in [1.54, 1.807) is 26.5 Å². The third kappa shape index (κ3) is 2.52. The second kappa shape index (κ2) is 4.67. The number of carbonyl (C=O) groups excluding carboxylic acids is 1. The maximum Gasteiger partial charge on any atom is 0.273 e. The first-order valence-electron chi connectivity index (χ1n) is 4.97. The summed E-state index contributed by atoms with van der Waals surface area (Å²) < 4.78 is 0.761. The van der Waals surface area contributed by atoms with Crippen molar-refractivity contribution in [3.63, 3.8) is 0 Å². The Morgan fingerprint density at radius 3 is 2.76 bits per heavy atom. The fraction of sp³-hybridized carbons (Fsp3) is 0.182. The molecule has 0 aliphatic carbocycles. The summed E-state index contributed by atoms with van der Waals surface area (Å²) in [4.78, 5) is 24.4. The molecule has 0 atom stereocenters. The number of halogens is 1. The van der Waals surface area contributed by atoms with Gasteiger partial charge in [-0.3, -0.25) is 4.79 Å². The SMILES string of the molecule is CN(C)C(=O)c1c[nH]c(-c2ccc(Br)nc2)n1. The van der Waals surface area contributed by atoms with Gasteiger partial charge in [-0.25, -0.2) is 9.97 Å². The van der Waals surface area contributed by atoms with Crippen LogP contribution in [0.15, 0.2) is 29.1 Å². The van der Waals surface area contributed by atoms with Crippen molar-refractivity contribution in [3.8, 4) is 11.4 Å². The van der Waals surface area contributed by atoms with Crippen LogP contribution in [0, 0.1) is 0 Å². The summed E-state index contributed by atoms with van der Waals surface area (Å²) in [6, 6.07) is 3.70. The smallest absolute Gasteiger partial charge is 0.273 e. The average molecular weight is 295 g/mol. The summed E-state index contributed by atoms with van der Waals surface area (Å²) in [5.74, 6) is 0.507. The molecule has 0 aromatic carbocycles. The molecule has 88 valence electrons. The van der Waals surface area contributed by atoms with Crippen molar-refractivity contribution in [2.75, 3.05) is 14.1 Å². The lowest BCUT2D eigenvalue weighted by molar-refractivity contribution is 0.0822. The van der Waals surface area contributed by atoms with Gasteiger partial charge in [-0.15, -0.1) is 0 Å². The number of amides is 1. The number of carbonyl (C=O) groups is 1. The van der Waals surface area contributed by atoms with Gasteiger partial charge in [0.15, 0.2) is 0 Å². The lowest BCUT2D eigenvalue weighted by Crippen LogP contribution is -2.21. The Balaban J connectivity index is 2.30. The van der Waals surface area contributed by atoms with Crippen LogP contribution < -0.4 is 0 Å². The van der Waals surface area contributed by atoms with Gasteiger partial charge in [0.25, 0.3) is 5.91 Å². The number of nitrogens with one attached hydrogen (secondary N) is 1. The van der Waals surface area contributed by atoms with Crippen molar-refractivity contribution in [3.05, 3.63) is 34.8 Å². The number of pyridine rings is 1. The highest BCUT2D eigenvalue weighted by molar-refractivity contribution is 9.10. The number of aromatic amines is 1. The van der Waals surface area contributed by atoms with Crippen LogP contribution in [0.1, 0.15) is 10.5 Å². The molecule has 2 heterocycles. The fourth-order valence-corrected chi connectivity index (χ4v) is 1.56. The van der Waals surface area contributed by atoms with E-state index in [-0.39, 0.29) is 5.91 Å². The van der Waals surface area contributed by atoms with Crippen molar-refractivity contribution in [2.45, 2.75) is 0 Å². The third-order valence-electron chi connectivity index (χ3n) is 2.20. The van der Waals surface area contributed by atoms with Gasteiger partial charge in [0.05, 0.1) is 0 Å². The lowest BCUT2D eigenvalue weighted by atomic mass is 10.3. The monoisotopic (exact) mass is 294 g/mol. The molecule has 6 heteroatoms. The third-order valence-corrected chi connectivity index (χ3v) is 2.67. The van der Waals surface area contributed by atoms with Gasteiger partial charge in [0, 0.05) is 32.1 Å². The molecule has 1 amide bonds. The van der Waals surface area contributed by atoms with Crippen LogP contribution >= 0.6 is 15.9 Å². The van der Waals surface area contributed by atoms with Gasteiger partial charge in [-0.2, -0.15) is 0 Å². The minimum atomic E-state index is -0.127. The first-order valence-corrected chi connectivity index (χ1v) is 5.76. The molecule has 0 aliphatic rings. The van der Waals surface area contributed by atoms with E-state index >= 15 is 0 Å². The molecule has 0 saturated carbocycles. The van der Waals surface area contributed by atoms with Gasteiger partial charge in [-0.1, -0.05) is 0 Å². The summed E-state index contributed by atoms with van der Waals surface area (Å²) in [5.41, 5.74) is 1.24. The average Bonchev–Trinajstić information content (AvgIpc) is 2.78. The maximum atomic E-state index is 11.7. The Morgan fingerprint density at radius 1 is 1.41 bits per heavy atom. The first kappa shape index (κ1) is 11.8. The highest BCUT2D eigenvalue weighted by Crippen LogP contribution is 2.16. The highest BCUT2D eigenvalue weighted by atomic mass is 79.9. The highest BCUT2D eigenvalue weighted by Gasteiger charge is 2.12. The Labute approximate surface area is 107 Å². The van der Waals surface area contributed by atoms with Crippen molar-refractivity contribution < 1.29 is 4.79 Å². The summed E-state index contributed by atoms with van der Waals surface area (Å²) in [7, 11) is 3.38. The number of H-pyrrole nitrogens is 1. The van der Waals surface area contributed by atoms with Crippen molar-refractivity contribution in [2.24, 2.45) is 0 Å². The van der Waals surface area contributed by atoms with Gasteiger partial charge in [-0.05, 0) is 28.1 Å². The quantitative estimate of drug-likeness (QED) is 0.861. The van der Waals surface area contributed by atoms with E-state index in [0.29, 0.717) is 11.5 Å². The Kier molecular flexibility index (Phi) is 3.23. The summed E-state index contributed by atoms with van der Waals surface area (Å²) in [6.07, 6.45) is 3.28. The second-order valence-corrected chi connectivity index (χ2v) is 4.52. The second-order valence-electron chi connectivity index (χ2n) is 3.70. The summed E-state index contributed by atoms with van der Waals surface area (Å²) in [5, 5.41) is 0. The minimum Gasteiger partial charge on any atom is -0.344 e. The molecule has 0 fully saturated rings. The van der Waals surface area contributed by atoms with Crippen LogP contribution in [0.2, 0.25) is 0 Å². The molecular weight excluding hydrogens is 284 g/mol. The molecule has 2 rings (SSSR count). The van der Waals surface area contributed by atoms with Crippen molar-refractivity contribution in [1.29, 1.82) is 0 Å². The molecule has 5 nitrogen and oxygen atoms in total. The Morgan fingerprint density at radius 2 is 2.18 bits per heavy atom. The zero-order valence-electron chi connectivity index (χ0n) is 9.44. The van der Waals surface area contributed by atoms with Crippen LogP contribution in [-0.4, -0.2) is 39.9 Å². The van der Waals surface area contributed by atoms with E-state index in [2.05, 4.69) is 30.9 Å². The lowest BCUT2D eigenvalue weighted by Gasteiger charge is -2.06. The molecule has 1 N–H and O–H groups in total. The molecular formula is C11H11BrN4O.